The Bertz CT molecular complexity index is 871. The van der Waals surface area contributed by atoms with Crippen LogP contribution in [0.25, 0.3) is 0 Å². The minimum atomic E-state index is -1.36. The second kappa shape index (κ2) is 16.0. The van der Waals surface area contributed by atoms with E-state index in [1.54, 1.807) is 18.0 Å². The molecule has 3 rings (SSSR count). The fraction of sp³-hybridized carbons (Fsp3) is 0.767. The van der Waals surface area contributed by atoms with Crippen molar-refractivity contribution in [3.63, 3.8) is 0 Å². The third-order valence-electron chi connectivity index (χ3n) is 8.08. The number of rotatable bonds is 12. The molecule has 1 amide bonds. The van der Waals surface area contributed by atoms with Gasteiger partial charge in [-0.05, 0) is 74.4 Å². The molecule has 2 aliphatic rings. The van der Waals surface area contributed by atoms with Crippen molar-refractivity contribution in [3.05, 3.63) is 29.8 Å². The standard InChI is InChI=1S/C30H50N2O5S2/c1-6-7-20-12-15-23(31-17-16-20)29(36)32-24(28-26(34)25(33)27(35)30(37-28)38-5)19(4)39-22-13-10-21(11-14-22)9-8-18(2)3/h10-11,13-14,18-20,23-28,30-31,33-35H,6-9,12,15-17H2,1-5H3,(H,32,36)/t19-,20-,23-,24-,25-,26+,27+,28?,30+/m0/s1. The van der Waals surface area contributed by atoms with Crippen molar-refractivity contribution >= 4 is 29.4 Å². The molecule has 222 valence electrons. The summed E-state index contributed by atoms with van der Waals surface area (Å²) in [5.41, 5.74) is 0.605. The fourth-order valence-corrected chi connectivity index (χ4v) is 7.38. The van der Waals surface area contributed by atoms with Crippen molar-refractivity contribution in [3.8, 4) is 0 Å². The Kier molecular flexibility index (Phi) is 13.4. The summed E-state index contributed by atoms with van der Waals surface area (Å²) in [7, 11) is 0. The van der Waals surface area contributed by atoms with Gasteiger partial charge in [-0.1, -0.05) is 52.7 Å². The van der Waals surface area contributed by atoms with Crippen LogP contribution in [0.3, 0.4) is 0 Å². The van der Waals surface area contributed by atoms with E-state index < -0.39 is 35.9 Å². The van der Waals surface area contributed by atoms with E-state index in [4.69, 9.17) is 4.74 Å². The molecule has 0 aromatic heterocycles. The molecule has 1 unspecified atom stereocenters. The molecule has 0 saturated carbocycles. The number of hydrogen-bond acceptors (Lipinski definition) is 8. The highest BCUT2D eigenvalue weighted by atomic mass is 32.2. The maximum atomic E-state index is 13.6. The van der Waals surface area contributed by atoms with Crippen LogP contribution in [0.15, 0.2) is 29.2 Å². The summed E-state index contributed by atoms with van der Waals surface area (Å²) < 4.78 is 6.14. The highest BCUT2D eigenvalue weighted by Crippen LogP contribution is 2.34. The highest BCUT2D eigenvalue weighted by molar-refractivity contribution is 8.00. The molecular weight excluding hydrogens is 532 g/mol. The normalized spacial score (nSPS) is 31.5. The van der Waals surface area contributed by atoms with Gasteiger partial charge in [-0.25, -0.2) is 0 Å². The summed E-state index contributed by atoms with van der Waals surface area (Å²) in [5.74, 6) is 1.19. The van der Waals surface area contributed by atoms with Gasteiger partial charge in [0.1, 0.15) is 29.9 Å². The van der Waals surface area contributed by atoms with Gasteiger partial charge < -0.3 is 30.7 Å². The maximum absolute atomic E-state index is 13.6. The van der Waals surface area contributed by atoms with Crippen LogP contribution in [-0.2, 0) is 16.0 Å². The highest BCUT2D eigenvalue weighted by Gasteiger charge is 2.48. The molecule has 1 aromatic rings. The first-order valence-electron chi connectivity index (χ1n) is 14.7. The van der Waals surface area contributed by atoms with Crippen LogP contribution < -0.4 is 10.6 Å². The van der Waals surface area contributed by atoms with Crippen molar-refractivity contribution in [1.29, 1.82) is 0 Å². The average molecular weight is 583 g/mol. The zero-order valence-corrected chi connectivity index (χ0v) is 25.8. The Morgan fingerprint density at radius 2 is 1.79 bits per heavy atom. The number of aryl methyl sites for hydroxylation is 1. The number of hydrogen-bond donors (Lipinski definition) is 5. The Hall–Kier alpha value is -0.810. The molecule has 9 heteroatoms. The number of aliphatic hydroxyl groups excluding tert-OH is 3. The lowest BCUT2D eigenvalue weighted by molar-refractivity contribution is -0.205. The lowest BCUT2D eigenvalue weighted by atomic mass is 9.92. The van der Waals surface area contributed by atoms with Gasteiger partial charge in [-0.15, -0.1) is 23.5 Å². The number of carbonyl (C=O) groups excluding carboxylic acids is 1. The van der Waals surface area contributed by atoms with Gasteiger partial charge in [0.05, 0.1) is 12.1 Å². The molecule has 0 spiro atoms. The first-order valence-corrected chi connectivity index (χ1v) is 16.8. The van der Waals surface area contributed by atoms with Crippen LogP contribution in [0, 0.1) is 11.8 Å². The molecule has 0 bridgehead atoms. The van der Waals surface area contributed by atoms with Crippen LogP contribution in [0.4, 0.5) is 0 Å². The van der Waals surface area contributed by atoms with E-state index in [0.29, 0.717) is 11.8 Å². The largest absolute Gasteiger partial charge is 0.388 e. The van der Waals surface area contributed by atoms with Gasteiger partial charge in [-0.2, -0.15) is 0 Å². The van der Waals surface area contributed by atoms with E-state index in [0.717, 1.165) is 50.0 Å². The van der Waals surface area contributed by atoms with Crippen molar-refractivity contribution in [2.45, 2.75) is 125 Å². The van der Waals surface area contributed by atoms with Gasteiger partial charge in [0.2, 0.25) is 5.91 Å². The van der Waals surface area contributed by atoms with Crippen LogP contribution in [0.2, 0.25) is 0 Å². The minimum absolute atomic E-state index is 0.106. The van der Waals surface area contributed by atoms with Crippen LogP contribution >= 0.6 is 23.5 Å². The molecule has 7 nitrogen and oxygen atoms in total. The molecule has 2 heterocycles. The van der Waals surface area contributed by atoms with E-state index in [9.17, 15) is 20.1 Å². The second-order valence-electron chi connectivity index (χ2n) is 11.6. The summed E-state index contributed by atoms with van der Waals surface area (Å²) in [6.45, 7) is 9.49. The summed E-state index contributed by atoms with van der Waals surface area (Å²) in [6.07, 6.45) is 4.42. The third kappa shape index (κ3) is 9.35. The predicted octanol–water partition coefficient (Wildman–Crippen LogP) is 3.97. The fourth-order valence-electron chi connectivity index (χ4n) is 5.61. The monoisotopic (exact) mass is 582 g/mol. The summed E-state index contributed by atoms with van der Waals surface area (Å²) in [4.78, 5) is 14.6. The number of carbonyl (C=O) groups is 1. The Labute approximate surface area is 243 Å². The lowest BCUT2D eigenvalue weighted by Gasteiger charge is -2.44. The zero-order valence-electron chi connectivity index (χ0n) is 24.2. The van der Waals surface area contributed by atoms with Gasteiger partial charge in [0.25, 0.3) is 0 Å². The molecule has 2 aliphatic heterocycles. The molecule has 0 radical (unpaired) electrons. The molecule has 2 fully saturated rings. The zero-order chi connectivity index (χ0) is 28.5. The third-order valence-corrected chi connectivity index (χ3v) is 10.1. The smallest absolute Gasteiger partial charge is 0.237 e. The number of benzene rings is 1. The summed E-state index contributed by atoms with van der Waals surface area (Å²) >= 11 is 2.90. The number of aliphatic hydroxyl groups is 3. The Morgan fingerprint density at radius 3 is 2.44 bits per heavy atom. The van der Waals surface area contributed by atoms with Gasteiger partial charge in [-0.3, -0.25) is 4.79 Å². The van der Waals surface area contributed by atoms with Crippen molar-refractivity contribution < 1.29 is 24.9 Å². The van der Waals surface area contributed by atoms with E-state index in [1.165, 1.54) is 23.7 Å². The summed E-state index contributed by atoms with van der Waals surface area (Å²) in [5, 5.41) is 38.5. The van der Waals surface area contributed by atoms with Gasteiger partial charge in [0.15, 0.2) is 0 Å². The maximum Gasteiger partial charge on any atom is 0.237 e. The number of thioether (sulfide) groups is 2. The van der Waals surface area contributed by atoms with Crippen LogP contribution in [0.5, 0.6) is 0 Å². The first kappa shape index (κ1) is 32.7. The molecule has 0 aliphatic carbocycles. The minimum Gasteiger partial charge on any atom is -0.388 e. The average Bonchev–Trinajstić information content (AvgIpc) is 3.16. The molecule has 5 N–H and O–H groups in total. The number of ether oxygens (including phenoxy) is 1. The van der Waals surface area contributed by atoms with Crippen molar-refractivity contribution in [2.24, 2.45) is 11.8 Å². The van der Waals surface area contributed by atoms with E-state index in [-0.39, 0.29) is 17.2 Å². The number of nitrogens with one attached hydrogen (secondary N) is 2. The first-order chi connectivity index (χ1) is 18.6. The predicted molar refractivity (Wildman–Crippen MR) is 161 cm³/mol. The Morgan fingerprint density at radius 1 is 1.08 bits per heavy atom. The molecule has 39 heavy (non-hydrogen) atoms. The Balaban J connectivity index is 1.76. The molecule has 9 atom stereocenters. The molecule has 1 aromatic carbocycles. The summed E-state index contributed by atoms with van der Waals surface area (Å²) in [6, 6.07) is 7.65. The topological polar surface area (TPSA) is 111 Å². The van der Waals surface area contributed by atoms with Gasteiger partial charge in [0, 0.05) is 10.1 Å². The van der Waals surface area contributed by atoms with Gasteiger partial charge >= 0.3 is 0 Å². The second-order valence-corrected chi connectivity index (χ2v) is 14.0. The van der Waals surface area contributed by atoms with Crippen molar-refractivity contribution in [2.75, 3.05) is 12.8 Å². The molecular formula is C30H50N2O5S2. The SMILES string of the molecule is CCC[C@@H]1CCN[C@H](C(=O)N[C@H](C2O[C@H](SC)[C@H](O)[C@@H](O)[C@H]2O)[C@H](C)Sc2ccc(CCC(C)C)cc2)CC1. The van der Waals surface area contributed by atoms with Crippen LogP contribution in [-0.4, -0.2) is 81.2 Å². The van der Waals surface area contributed by atoms with Crippen molar-refractivity contribution in [1.82, 2.24) is 10.6 Å². The van der Waals surface area contributed by atoms with E-state index >= 15 is 0 Å². The molecule has 2 saturated heterocycles. The lowest BCUT2D eigenvalue weighted by Crippen LogP contribution is -2.65. The van der Waals surface area contributed by atoms with E-state index in [1.807, 2.05) is 6.92 Å². The quantitative estimate of drug-likeness (QED) is 0.236. The number of amides is 1. The van der Waals surface area contributed by atoms with Crippen LogP contribution in [0.1, 0.15) is 71.8 Å². The van der Waals surface area contributed by atoms with E-state index in [2.05, 4.69) is 55.7 Å².